The Morgan fingerprint density at radius 1 is 1.25 bits per heavy atom. The second kappa shape index (κ2) is 6.52. The molecular weight excluding hydrogens is 312 g/mol. The molecule has 20 heavy (non-hydrogen) atoms. The van der Waals surface area contributed by atoms with Gasteiger partial charge in [-0.2, -0.15) is 0 Å². The number of hydrogen-bond acceptors (Lipinski definition) is 5. The largest absolute Gasteiger partial charge is 0.320 e. The molecule has 0 fully saturated rings. The highest BCUT2D eigenvalue weighted by molar-refractivity contribution is 7.91. The van der Waals surface area contributed by atoms with E-state index in [4.69, 9.17) is 5.73 Å². The molecule has 3 N–H and O–H groups in total. The minimum absolute atomic E-state index is 0.272. The van der Waals surface area contributed by atoms with E-state index < -0.39 is 10.0 Å². The number of rotatable bonds is 4. The lowest BCUT2D eigenvalue weighted by Crippen LogP contribution is -2.21. The summed E-state index contributed by atoms with van der Waals surface area (Å²) < 4.78 is 27.1. The van der Waals surface area contributed by atoms with Crippen molar-refractivity contribution in [3.05, 3.63) is 38.9 Å². The van der Waals surface area contributed by atoms with Gasteiger partial charge in [0, 0.05) is 16.3 Å². The molecule has 0 aliphatic rings. The van der Waals surface area contributed by atoms with Crippen LogP contribution in [0.1, 0.15) is 14.6 Å². The summed E-state index contributed by atoms with van der Waals surface area (Å²) >= 11 is 2.72. The topological polar surface area (TPSA) is 72.2 Å². The fourth-order valence-electron chi connectivity index (χ4n) is 1.47. The first-order chi connectivity index (χ1) is 9.51. The zero-order valence-electron chi connectivity index (χ0n) is 10.8. The van der Waals surface area contributed by atoms with Crippen molar-refractivity contribution in [2.75, 3.05) is 6.54 Å². The summed E-state index contributed by atoms with van der Waals surface area (Å²) in [4.78, 5) is 2.78. The van der Waals surface area contributed by atoms with Gasteiger partial charge in [0.25, 0.3) is 0 Å². The summed E-state index contributed by atoms with van der Waals surface area (Å²) in [5.74, 6) is 5.70. The summed E-state index contributed by atoms with van der Waals surface area (Å²) in [5, 5.41) is 0. The van der Waals surface area contributed by atoms with Crippen LogP contribution in [0.15, 0.2) is 28.5 Å². The van der Waals surface area contributed by atoms with Gasteiger partial charge in [-0.15, -0.1) is 22.7 Å². The molecule has 7 heteroatoms. The van der Waals surface area contributed by atoms with Crippen LogP contribution in [0.5, 0.6) is 0 Å². The van der Waals surface area contributed by atoms with Gasteiger partial charge in [0.1, 0.15) is 4.21 Å². The molecule has 2 rings (SSSR count). The van der Waals surface area contributed by atoms with Crippen molar-refractivity contribution in [2.45, 2.75) is 17.7 Å². The first kappa shape index (κ1) is 15.2. The molecule has 0 radical (unpaired) electrons. The van der Waals surface area contributed by atoms with Gasteiger partial charge in [0.05, 0.1) is 11.4 Å². The molecule has 106 valence electrons. The van der Waals surface area contributed by atoms with Crippen LogP contribution < -0.4 is 10.5 Å². The minimum Gasteiger partial charge on any atom is -0.320 e. The van der Waals surface area contributed by atoms with Gasteiger partial charge < -0.3 is 5.73 Å². The van der Waals surface area contributed by atoms with Crippen LogP contribution in [0.25, 0.3) is 0 Å². The van der Waals surface area contributed by atoms with Crippen molar-refractivity contribution in [2.24, 2.45) is 5.73 Å². The third-order valence-electron chi connectivity index (χ3n) is 2.39. The van der Waals surface area contributed by atoms with E-state index in [1.165, 1.54) is 22.7 Å². The van der Waals surface area contributed by atoms with Gasteiger partial charge in [-0.25, -0.2) is 13.1 Å². The molecule has 2 aromatic heterocycles. The summed E-state index contributed by atoms with van der Waals surface area (Å²) in [6.45, 7) is 2.47. The number of sulfonamides is 1. The molecule has 0 spiro atoms. The van der Waals surface area contributed by atoms with Crippen LogP contribution in [-0.2, 0) is 16.6 Å². The highest BCUT2D eigenvalue weighted by atomic mass is 32.2. The van der Waals surface area contributed by atoms with Crippen molar-refractivity contribution < 1.29 is 8.42 Å². The molecule has 2 aromatic rings. The van der Waals surface area contributed by atoms with Crippen molar-refractivity contribution in [3.8, 4) is 11.8 Å². The summed E-state index contributed by atoms with van der Waals surface area (Å²) in [7, 11) is -3.43. The van der Waals surface area contributed by atoms with Gasteiger partial charge in [0.15, 0.2) is 0 Å². The Kier molecular flexibility index (Phi) is 4.96. The predicted molar refractivity (Wildman–Crippen MR) is 83.3 cm³/mol. The molecular formula is C13H14N2O2S3. The maximum absolute atomic E-state index is 12.1. The molecule has 0 aliphatic heterocycles. The lowest BCUT2D eigenvalue weighted by molar-refractivity contribution is 0.584. The molecule has 0 saturated carbocycles. The van der Waals surface area contributed by atoms with Crippen molar-refractivity contribution in [1.82, 2.24) is 4.72 Å². The smallest absolute Gasteiger partial charge is 0.250 e. The molecule has 0 aliphatic carbocycles. The van der Waals surface area contributed by atoms with Crippen LogP contribution in [0.3, 0.4) is 0 Å². The number of thiophene rings is 2. The Balaban J connectivity index is 2.03. The molecule has 0 aromatic carbocycles. The lowest BCUT2D eigenvalue weighted by Gasteiger charge is -2.02. The highest BCUT2D eigenvalue weighted by Crippen LogP contribution is 2.21. The van der Waals surface area contributed by atoms with Crippen molar-refractivity contribution >= 4 is 32.7 Å². The molecule has 0 atom stereocenters. The van der Waals surface area contributed by atoms with E-state index in [9.17, 15) is 8.42 Å². The van der Waals surface area contributed by atoms with E-state index >= 15 is 0 Å². The Morgan fingerprint density at radius 2 is 2.05 bits per heavy atom. The first-order valence-corrected chi connectivity index (χ1v) is 8.96. The standard InChI is InChI=1S/C13H14N2O2S3/c1-10-4-7-13(18-10)20(16,17)15-9-12-6-5-11(19-12)3-2-8-14/h4-7,15H,8-9,14H2,1H3. The quantitative estimate of drug-likeness (QED) is 0.843. The lowest BCUT2D eigenvalue weighted by atomic mass is 10.4. The van der Waals surface area contributed by atoms with Gasteiger partial charge in [0.2, 0.25) is 10.0 Å². The van der Waals surface area contributed by atoms with Gasteiger partial charge >= 0.3 is 0 Å². The SMILES string of the molecule is Cc1ccc(S(=O)(=O)NCc2ccc(C#CCN)s2)s1. The van der Waals surface area contributed by atoms with Gasteiger partial charge in [-0.3, -0.25) is 0 Å². The third-order valence-corrected chi connectivity index (χ3v) is 6.29. The fraction of sp³-hybridized carbons (Fsp3) is 0.231. The van der Waals surface area contributed by atoms with Crippen LogP contribution in [0, 0.1) is 18.8 Å². The highest BCUT2D eigenvalue weighted by Gasteiger charge is 2.15. The average molecular weight is 326 g/mol. The zero-order valence-corrected chi connectivity index (χ0v) is 13.3. The van der Waals surface area contributed by atoms with Gasteiger partial charge in [-0.05, 0) is 31.2 Å². The normalized spacial score (nSPS) is 11.1. The van der Waals surface area contributed by atoms with Crippen LogP contribution in [-0.4, -0.2) is 15.0 Å². The maximum atomic E-state index is 12.1. The van der Waals surface area contributed by atoms with E-state index in [0.29, 0.717) is 10.8 Å². The number of aryl methyl sites for hydroxylation is 1. The first-order valence-electron chi connectivity index (χ1n) is 5.85. The van der Waals surface area contributed by atoms with E-state index in [2.05, 4.69) is 16.6 Å². The maximum Gasteiger partial charge on any atom is 0.250 e. The molecule has 0 amide bonds. The van der Waals surface area contributed by atoms with Crippen LogP contribution >= 0.6 is 22.7 Å². The number of hydrogen-bond donors (Lipinski definition) is 2. The number of nitrogens with one attached hydrogen (secondary N) is 1. The van der Waals surface area contributed by atoms with Crippen molar-refractivity contribution in [3.63, 3.8) is 0 Å². The van der Waals surface area contributed by atoms with E-state index in [0.717, 1.165) is 14.6 Å². The van der Waals surface area contributed by atoms with E-state index in [1.807, 2.05) is 19.1 Å². The van der Waals surface area contributed by atoms with Crippen molar-refractivity contribution in [1.29, 1.82) is 0 Å². The number of nitrogens with two attached hydrogens (primary N) is 1. The summed E-state index contributed by atoms with van der Waals surface area (Å²) in [6, 6.07) is 7.15. The fourth-order valence-corrected chi connectivity index (χ4v) is 4.72. The molecule has 4 nitrogen and oxygen atoms in total. The second-order valence-corrected chi connectivity index (χ2v) is 8.41. The molecule has 0 bridgehead atoms. The Hall–Kier alpha value is -1.17. The zero-order chi connectivity index (χ0) is 14.6. The molecule has 0 saturated heterocycles. The minimum atomic E-state index is -3.43. The summed E-state index contributed by atoms with van der Waals surface area (Å²) in [6.07, 6.45) is 0. The van der Waals surface area contributed by atoms with Gasteiger partial charge in [-0.1, -0.05) is 11.8 Å². The Morgan fingerprint density at radius 3 is 2.70 bits per heavy atom. The molecule has 2 heterocycles. The monoisotopic (exact) mass is 326 g/mol. The van der Waals surface area contributed by atoms with E-state index in [-0.39, 0.29) is 6.54 Å². The van der Waals surface area contributed by atoms with E-state index in [1.54, 1.807) is 12.1 Å². The van der Waals surface area contributed by atoms with Crippen LogP contribution in [0.4, 0.5) is 0 Å². The molecule has 0 unspecified atom stereocenters. The Bertz CT molecular complexity index is 748. The average Bonchev–Trinajstić information content (AvgIpc) is 3.03. The second-order valence-electron chi connectivity index (χ2n) is 3.96. The third kappa shape index (κ3) is 3.91. The Labute approximate surface area is 126 Å². The van der Waals surface area contributed by atoms with Crippen LogP contribution in [0.2, 0.25) is 0 Å². The predicted octanol–water partition coefficient (Wildman–Crippen LogP) is 1.91. The summed E-state index contributed by atoms with van der Waals surface area (Å²) in [5.41, 5.74) is 5.31.